The first-order valence-corrected chi connectivity index (χ1v) is 10.5. The zero-order valence-electron chi connectivity index (χ0n) is 16.1. The van der Waals surface area contributed by atoms with Crippen molar-refractivity contribution in [3.63, 3.8) is 0 Å². The highest BCUT2D eigenvalue weighted by Gasteiger charge is 2.25. The number of carbonyl (C=O) groups excluding carboxylic acids is 2. The van der Waals surface area contributed by atoms with E-state index in [-0.39, 0.29) is 11.3 Å². The van der Waals surface area contributed by atoms with Gasteiger partial charge in [0.2, 0.25) is 10.0 Å². The van der Waals surface area contributed by atoms with Crippen molar-refractivity contribution < 1.29 is 27.5 Å². The van der Waals surface area contributed by atoms with Crippen LogP contribution in [0.15, 0.2) is 29.2 Å². The molecule has 0 bridgehead atoms. The van der Waals surface area contributed by atoms with E-state index in [1.807, 2.05) is 0 Å². The Balaban J connectivity index is 1.89. The van der Waals surface area contributed by atoms with E-state index in [2.05, 4.69) is 0 Å². The molecular weight excluding hydrogens is 370 g/mol. The number of sulfonamides is 1. The van der Waals surface area contributed by atoms with E-state index in [0.29, 0.717) is 18.7 Å². The fourth-order valence-electron chi connectivity index (χ4n) is 2.76. The van der Waals surface area contributed by atoms with Gasteiger partial charge in [0.05, 0.1) is 11.3 Å². The summed E-state index contributed by atoms with van der Waals surface area (Å²) < 4.78 is 36.7. The van der Waals surface area contributed by atoms with Gasteiger partial charge in [0.1, 0.15) is 5.60 Å². The Morgan fingerprint density at radius 2 is 1.59 bits per heavy atom. The first-order chi connectivity index (χ1) is 12.6. The lowest BCUT2D eigenvalue weighted by Gasteiger charge is -2.25. The van der Waals surface area contributed by atoms with Gasteiger partial charge in [-0.05, 0) is 51.3 Å². The lowest BCUT2D eigenvalue weighted by molar-refractivity contribution is -0.166. The summed E-state index contributed by atoms with van der Waals surface area (Å²) in [7, 11) is -3.49. The fraction of sp³-hybridized carbons (Fsp3) is 0.579. The van der Waals surface area contributed by atoms with Crippen LogP contribution < -0.4 is 0 Å². The molecule has 0 spiro atoms. The maximum atomic E-state index is 12.6. The van der Waals surface area contributed by atoms with E-state index < -0.39 is 34.2 Å². The van der Waals surface area contributed by atoms with Gasteiger partial charge in [0.25, 0.3) is 0 Å². The molecule has 1 fully saturated rings. The minimum absolute atomic E-state index is 0.0488. The molecule has 2 rings (SSSR count). The number of carbonyl (C=O) groups is 2. The molecule has 1 aromatic rings. The zero-order valence-corrected chi connectivity index (χ0v) is 16.9. The molecule has 1 aromatic carbocycles. The van der Waals surface area contributed by atoms with E-state index >= 15 is 0 Å². The monoisotopic (exact) mass is 397 g/mol. The van der Waals surface area contributed by atoms with E-state index in [0.717, 1.165) is 19.3 Å². The largest absolute Gasteiger partial charge is 0.457 e. The summed E-state index contributed by atoms with van der Waals surface area (Å²) in [5.41, 5.74) is -0.0270. The van der Waals surface area contributed by atoms with Crippen LogP contribution in [0.2, 0.25) is 0 Å². The standard InChI is InChI=1S/C19H27NO6S/c1-19(2,3)26-18(22)14-25-17(21)13-15-7-9-16(10-8-15)27(23,24)20-11-5-4-6-12-20/h7-10H,4-6,11-14H2,1-3H3. The third-order valence-corrected chi connectivity index (χ3v) is 5.91. The van der Waals surface area contributed by atoms with Crippen molar-refractivity contribution in [2.75, 3.05) is 19.7 Å². The predicted octanol–water partition coefficient (Wildman–Crippen LogP) is 2.29. The first kappa shape index (κ1) is 21.4. The molecule has 0 N–H and O–H groups in total. The van der Waals surface area contributed by atoms with Gasteiger partial charge in [-0.3, -0.25) is 4.79 Å². The quantitative estimate of drug-likeness (QED) is 0.684. The molecule has 0 aliphatic carbocycles. The van der Waals surface area contributed by atoms with Gasteiger partial charge in [0, 0.05) is 13.1 Å². The molecule has 0 unspecified atom stereocenters. The molecule has 0 radical (unpaired) electrons. The van der Waals surface area contributed by atoms with Crippen LogP contribution in [-0.4, -0.2) is 50.0 Å². The van der Waals surface area contributed by atoms with Crippen molar-refractivity contribution in [3.8, 4) is 0 Å². The second-order valence-electron chi connectivity index (χ2n) is 7.53. The number of nitrogens with zero attached hydrogens (tertiary/aromatic N) is 1. The normalized spacial score (nSPS) is 16.0. The number of hydrogen-bond donors (Lipinski definition) is 0. The van der Waals surface area contributed by atoms with Crippen molar-refractivity contribution in [1.29, 1.82) is 0 Å². The molecule has 0 amide bonds. The molecule has 1 saturated heterocycles. The summed E-state index contributed by atoms with van der Waals surface area (Å²) in [6, 6.07) is 6.18. The van der Waals surface area contributed by atoms with E-state index in [9.17, 15) is 18.0 Å². The minimum Gasteiger partial charge on any atom is -0.457 e. The van der Waals surface area contributed by atoms with E-state index in [1.54, 1.807) is 32.9 Å². The Morgan fingerprint density at radius 3 is 2.15 bits per heavy atom. The molecule has 1 aliphatic heterocycles. The average Bonchev–Trinajstić information content (AvgIpc) is 2.60. The smallest absolute Gasteiger partial charge is 0.344 e. The van der Waals surface area contributed by atoms with Gasteiger partial charge in [-0.25, -0.2) is 13.2 Å². The topological polar surface area (TPSA) is 90.0 Å². The van der Waals surface area contributed by atoms with Gasteiger partial charge in [-0.15, -0.1) is 0 Å². The number of ether oxygens (including phenoxy) is 2. The lowest BCUT2D eigenvalue weighted by Crippen LogP contribution is -2.35. The Bertz CT molecular complexity index is 758. The molecule has 1 heterocycles. The second-order valence-corrected chi connectivity index (χ2v) is 9.47. The third kappa shape index (κ3) is 6.62. The summed E-state index contributed by atoms with van der Waals surface area (Å²) in [5, 5.41) is 0. The van der Waals surface area contributed by atoms with Crippen molar-refractivity contribution in [3.05, 3.63) is 29.8 Å². The average molecular weight is 397 g/mol. The zero-order chi connectivity index (χ0) is 20.1. The lowest BCUT2D eigenvalue weighted by atomic mass is 10.1. The van der Waals surface area contributed by atoms with Crippen LogP contribution in [0.3, 0.4) is 0 Å². The SMILES string of the molecule is CC(C)(C)OC(=O)COC(=O)Cc1ccc(S(=O)(=O)N2CCCCC2)cc1. The highest BCUT2D eigenvalue weighted by atomic mass is 32.2. The van der Waals surface area contributed by atoms with Crippen LogP contribution in [0.5, 0.6) is 0 Å². The summed E-state index contributed by atoms with van der Waals surface area (Å²) in [6.45, 7) is 5.82. The van der Waals surface area contributed by atoms with Crippen LogP contribution in [-0.2, 0) is 35.5 Å². The van der Waals surface area contributed by atoms with E-state index in [1.165, 1.54) is 16.4 Å². The van der Waals surface area contributed by atoms with Gasteiger partial charge in [0.15, 0.2) is 6.61 Å². The van der Waals surface area contributed by atoms with Crippen molar-refractivity contribution in [1.82, 2.24) is 4.31 Å². The highest BCUT2D eigenvalue weighted by molar-refractivity contribution is 7.89. The molecule has 1 aliphatic rings. The van der Waals surface area contributed by atoms with Crippen LogP contribution >= 0.6 is 0 Å². The second kappa shape index (κ2) is 8.84. The summed E-state index contributed by atoms with van der Waals surface area (Å²) in [4.78, 5) is 23.6. The Kier molecular flexibility index (Phi) is 7.00. The predicted molar refractivity (Wildman–Crippen MR) is 99.6 cm³/mol. The van der Waals surface area contributed by atoms with Crippen molar-refractivity contribution in [2.24, 2.45) is 0 Å². The maximum absolute atomic E-state index is 12.6. The number of esters is 2. The van der Waals surface area contributed by atoms with Gasteiger partial charge in [-0.2, -0.15) is 4.31 Å². The molecule has 0 aromatic heterocycles. The highest BCUT2D eigenvalue weighted by Crippen LogP contribution is 2.21. The third-order valence-electron chi connectivity index (χ3n) is 4.00. The molecular formula is C19H27NO6S. The maximum Gasteiger partial charge on any atom is 0.344 e. The Morgan fingerprint density at radius 1 is 1.00 bits per heavy atom. The Labute approximate surface area is 160 Å². The van der Waals surface area contributed by atoms with Crippen LogP contribution in [0, 0.1) is 0 Å². The number of piperidine rings is 1. The van der Waals surface area contributed by atoms with E-state index in [4.69, 9.17) is 9.47 Å². The van der Waals surface area contributed by atoms with Crippen LogP contribution in [0.4, 0.5) is 0 Å². The van der Waals surface area contributed by atoms with Crippen molar-refractivity contribution >= 4 is 22.0 Å². The van der Waals surface area contributed by atoms with Crippen molar-refractivity contribution in [2.45, 2.75) is 57.0 Å². The molecule has 0 saturated carbocycles. The first-order valence-electron chi connectivity index (χ1n) is 9.04. The molecule has 0 atom stereocenters. The molecule has 7 nitrogen and oxygen atoms in total. The summed E-state index contributed by atoms with van der Waals surface area (Å²) >= 11 is 0. The number of benzene rings is 1. The number of hydrogen-bond acceptors (Lipinski definition) is 6. The van der Waals surface area contributed by atoms with Crippen LogP contribution in [0.1, 0.15) is 45.6 Å². The summed E-state index contributed by atoms with van der Waals surface area (Å²) in [6.07, 6.45) is 2.75. The van der Waals surface area contributed by atoms with Gasteiger partial charge < -0.3 is 9.47 Å². The minimum atomic E-state index is -3.49. The van der Waals surface area contributed by atoms with Gasteiger partial charge >= 0.3 is 11.9 Å². The Hall–Kier alpha value is -1.93. The van der Waals surface area contributed by atoms with Crippen LogP contribution in [0.25, 0.3) is 0 Å². The molecule has 8 heteroatoms. The summed E-state index contributed by atoms with van der Waals surface area (Å²) in [5.74, 6) is -1.19. The van der Waals surface area contributed by atoms with Gasteiger partial charge in [-0.1, -0.05) is 18.6 Å². The number of rotatable bonds is 6. The molecule has 27 heavy (non-hydrogen) atoms. The fourth-order valence-corrected chi connectivity index (χ4v) is 4.28. The molecule has 150 valence electrons.